The molecule has 0 spiro atoms. The standard InChI is InChI=1S/C63H43N/c1-63(2)57-26-12-11-23-51(57)54-39-47(32-34-58(54)63)62-53-25-10-9-24-52(53)61(55-37-42-17-3-4-18-43(42)38-56(55)62)46-30-29-45-36-48(33-31-44(45)35-46)64(59-27-13-19-40-15-5-7-21-49(40)59)60-28-14-20-41-16-6-8-22-50(41)60/h3-39H,1-2H3. The van der Waals surface area contributed by atoms with Gasteiger partial charge in [-0.05, 0) is 147 Å². The van der Waals surface area contributed by atoms with Crippen molar-refractivity contribution in [1.29, 1.82) is 0 Å². The third-order valence-corrected chi connectivity index (χ3v) is 14.1. The molecule has 0 fully saturated rings. The lowest BCUT2D eigenvalue weighted by molar-refractivity contribution is 0.660. The molecule has 0 aromatic heterocycles. The van der Waals surface area contributed by atoms with E-state index in [1.165, 1.54) is 109 Å². The summed E-state index contributed by atoms with van der Waals surface area (Å²) < 4.78 is 0. The van der Waals surface area contributed by atoms with Gasteiger partial charge in [-0.2, -0.15) is 0 Å². The normalized spacial score (nSPS) is 13.0. The van der Waals surface area contributed by atoms with Crippen molar-refractivity contribution in [2.45, 2.75) is 19.3 Å². The predicted molar refractivity (Wildman–Crippen MR) is 275 cm³/mol. The quantitative estimate of drug-likeness (QED) is 0.157. The lowest BCUT2D eigenvalue weighted by Crippen LogP contribution is -2.14. The fourth-order valence-electron chi connectivity index (χ4n) is 11.1. The molecule has 1 nitrogen and oxygen atoms in total. The van der Waals surface area contributed by atoms with Crippen molar-refractivity contribution in [3.63, 3.8) is 0 Å². The van der Waals surface area contributed by atoms with Gasteiger partial charge in [-0.15, -0.1) is 0 Å². The van der Waals surface area contributed by atoms with Crippen LogP contribution in [0.1, 0.15) is 25.0 Å². The smallest absolute Gasteiger partial charge is 0.0540 e. The van der Waals surface area contributed by atoms with Gasteiger partial charge >= 0.3 is 0 Å². The van der Waals surface area contributed by atoms with Crippen LogP contribution in [0.4, 0.5) is 17.1 Å². The molecule has 1 heteroatoms. The number of anilines is 3. The van der Waals surface area contributed by atoms with Crippen molar-refractivity contribution in [3.05, 3.63) is 236 Å². The van der Waals surface area contributed by atoms with Crippen LogP contribution in [-0.4, -0.2) is 0 Å². The number of hydrogen-bond acceptors (Lipinski definition) is 1. The summed E-state index contributed by atoms with van der Waals surface area (Å²) in [6.45, 7) is 4.72. The summed E-state index contributed by atoms with van der Waals surface area (Å²) in [6.07, 6.45) is 0. The molecule has 0 saturated heterocycles. The fourth-order valence-corrected chi connectivity index (χ4v) is 11.1. The largest absolute Gasteiger partial charge is 0.309 e. The summed E-state index contributed by atoms with van der Waals surface area (Å²) in [5.74, 6) is 0. The second-order valence-electron chi connectivity index (χ2n) is 18.0. The molecule has 0 saturated carbocycles. The number of nitrogens with zero attached hydrogens (tertiary/aromatic N) is 1. The highest BCUT2D eigenvalue weighted by molar-refractivity contribution is 6.24. The monoisotopic (exact) mass is 813 g/mol. The maximum atomic E-state index is 2.46. The Bertz CT molecular complexity index is 3800. The summed E-state index contributed by atoms with van der Waals surface area (Å²) in [4.78, 5) is 2.45. The zero-order valence-corrected chi connectivity index (χ0v) is 35.8. The van der Waals surface area contributed by atoms with E-state index in [9.17, 15) is 0 Å². The molecule has 0 radical (unpaired) electrons. The third kappa shape index (κ3) is 5.50. The average molecular weight is 814 g/mol. The molecule has 0 atom stereocenters. The van der Waals surface area contributed by atoms with Crippen LogP contribution >= 0.6 is 0 Å². The highest BCUT2D eigenvalue weighted by Crippen LogP contribution is 2.52. The van der Waals surface area contributed by atoms with Crippen LogP contribution in [0.15, 0.2) is 224 Å². The topological polar surface area (TPSA) is 3.24 Å². The minimum Gasteiger partial charge on any atom is -0.309 e. The minimum absolute atomic E-state index is 0.0460. The number of fused-ring (bicyclic) bond motifs is 9. The van der Waals surface area contributed by atoms with Gasteiger partial charge in [0.15, 0.2) is 0 Å². The molecule has 12 aromatic carbocycles. The number of rotatable bonds is 5. The van der Waals surface area contributed by atoms with Crippen LogP contribution in [-0.2, 0) is 5.41 Å². The number of hydrogen-bond donors (Lipinski definition) is 0. The zero-order valence-electron chi connectivity index (χ0n) is 35.8. The van der Waals surface area contributed by atoms with E-state index in [0.29, 0.717) is 0 Å². The second-order valence-corrected chi connectivity index (χ2v) is 18.0. The average Bonchev–Trinajstić information content (AvgIpc) is 3.57. The summed E-state index contributed by atoms with van der Waals surface area (Å²) in [5, 5.41) is 14.8. The van der Waals surface area contributed by atoms with Crippen LogP contribution in [0.3, 0.4) is 0 Å². The SMILES string of the molecule is CC1(C)c2ccccc2-c2cc(-c3c4ccccc4c(-c4ccc5cc(N(c6cccc7ccccc67)c6cccc7ccccc67)ccc5c4)c4cc5ccccc5cc34)ccc21. The Hall–Kier alpha value is -8.00. The first-order valence-corrected chi connectivity index (χ1v) is 22.4. The molecule has 0 amide bonds. The molecule has 0 N–H and O–H groups in total. The first-order valence-electron chi connectivity index (χ1n) is 22.4. The lowest BCUT2D eigenvalue weighted by atomic mass is 9.81. The lowest BCUT2D eigenvalue weighted by Gasteiger charge is -2.28. The van der Waals surface area contributed by atoms with E-state index in [2.05, 4.69) is 243 Å². The zero-order chi connectivity index (χ0) is 42.5. The third-order valence-electron chi connectivity index (χ3n) is 14.1. The molecule has 0 heterocycles. The van der Waals surface area contributed by atoms with Crippen molar-refractivity contribution in [1.82, 2.24) is 0 Å². The summed E-state index contributed by atoms with van der Waals surface area (Å²) in [6, 6.07) is 83.7. The molecular weight excluding hydrogens is 771 g/mol. The van der Waals surface area contributed by atoms with Crippen LogP contribution in [0.5, 0.6) is 0 Å². The van der Waals surface area contributed by atoms with Gasteiger partial charge in [0.2, 0.25) is 0 Å². The van der Waals surface area contributed by atoms with Gasteiger partial charge in [-0.3, -0.25) is 0 Å². The van der Waals surface area contributed by atoms with Crippen LogP contribution in [0.25, 0.3) is 98.0 Å². The maximum absolute atomic E-state index is 2.46. The molecule has 13 rings (SSSR count). The van der Waals surface area contributed by atoms with Crippen LogP contribution in [0.2, 0.25) is 0 Å². The minimum atomic E-state index is -0.0460. The molecule has 0 unspecified atom stereocenters. The van der Waals surface area contributed by atoms with E-state index in [1.807, 2.05) is 0 Å². The van der Waals surface area contributed by atoms with Crippen molar-refractivity contribution in [2.75, 3.05) is 4.90 Å². The van der Waals surface area contributed by atoms with Crippen molar-refractivity contribution in [3.8, 4) is 33.4 Å². The first-order chi connectivity index (χ1) is 31.5. The second kappa shape index (κ2) is 14.0. The van der Waals surface area contributed by atoms with Gasteiger partial charge in [-0.1, -0.05) is 190 Å². The van der Waals surface area contributed by atoms with E-state index in [0.717, 1.165) is 17.1 Å². The fraction of sp³-hybridized carbons (Fsp3) is 0.0476. The van der Waals surface area contributed by atoms with Gasteiger partial charge in [0, 0.05) is 21.9 Å². The molecular formula is C63H43N. The highest BCUT2D eigenvalue weighted by Gasteiger charge is 2.35. The maximum Gasteiger partial charge on any atom is 0.0540 e. The molecule has 1 aliphatic carbocycles. The Morgan fingerprint density at radius 2 is 0.750 bits per heavy atom. The van der Waals surface area contributed by atoms with Gasteiger partial charge < -0.3 is 4.90 Å². The molecule has 300 valence electrons. The first kappa shape index (κ1) is 36.6. The van der Waals surface area contributed by atoms with E-state index < -0.39 is 0 Å². The van der Waals surface area contributed by atoms with E-state index in [1.54, 1.807) is 0 Å². The number of benzene rings is 12. The van der Waals surface area contributed by atoms with Gasteiger partial charge in [0.05, 0.1) is 11.4 Å². The van der Waals surface area contributed by atoms with Crippen molar-refractivity contribution < 1.29 is 0 Å². The van der Waals surface area contributed by atoms with Crippen molar-refractivity contribution >= 4 is 81.7 Å². The van der Waals surface area contributed by atoms with Gasteiger partial charge in [-0.25, -0.2) is 0 Å². The Kier molecular flexibility index (Phi) is 8.02. The molecule has 64 heavy (non-hydrogen) atoms. The highest BCUT2D eigenvalue weighted by atomic mass is 15.1. The Morgan fingerprint density at radius 3 is 1.39 bits per heavy atom. The van der Waals surface area contributed by atoms with Gasteiger partial charge in [0.1, 0.15) is 0 Å². The summed E-state index contributed by atoms with van der Waals surface area (Å²) in [7, 11) is 0. The molecule has 0 bridgehead atoms. The predicted octanol–water partition coefficient (Wildman–Crippen LogP) is 17.7. The molecule has 1 aliphatic rings. The molecule has 0 aliphatic heterocycles. The Balaban J connectivity index is 1.02. The Labute approximate surface area is 373 Å². The Morgan fingerprint density at radius 1 is 0.297 bits per heavy atom. The van der Waals surface area contributed by atoms with Crippen LogP contribution in [0, 0.1) is 0 Å². The summed E-state index contributed by atoms with van der Waals surface area (Å²) >= 11 is 0. The van der Waals surface area contributed by atoms with E-state index in [4.69, 9.17) is 0 Å². The van der Waals surface area contributed by atoms with Gasteiger partial charge in [0.25, 0.3) is 0 Å². The van der Waals surface area contributed by atoms with E-state index >= 15 is 0 Å². The van der Waals surface area contributed by atoms with E-state index in [-0.39, 0.29) is 5.41 Å². The molecule has 12 aromatic rings. The summed E-state index contributed by atoms with van der Waals surface area (Å²) in [5.41, 5.74) is 13.9. The van der Waals surface area contributed by atoms with Crippen LogP contribution < -0.4 is 4.90 Å². The van der Waals surface area contributed by atoms with Crippen molar-refractivity contribution in [2.24, 2.45) is 0 Å².